The monoisotopic (exact) mass is 680 g/mol. The van der Waals surface area contributed by atoms with Crippen LogP contribution >= 0.6 is 0 Å². The van der Waals surface area contributed by atoms with Crippen LogP contribution in [0.25, 0.3) is 94.7 Å². The molecule has 0 radical (unpaired) electrons. The molecule has 5 heteroatoms. The molecule has 0 unspecified atom stereocenters. The molecule has 0 N–H and O–H groups in total. The van der Waals surface area contributed by atoms with Gasteiger partial charge < -0.3 is 8.98 Å². The van der Waals surface area contributed by atoms with Crippen molar-refractivity contribution < 1.29 is 4.42 Å². The minimum absolute atomic E-state index is 0.179. The summed E-state index contributed by atoms with van der Waals surface area (Å²) in [6, 6.07) is 55.2. The fraction of sp³-hybridized carbons (Fsp3) is 0.0625. The van der Waals surface area contributed by atoms with Crippen LogP contribution in [0.3, 0.4) is 0 Å². The van der Waals surface area contributed by atoms with E-state index in [1.807, 2.05) is 60.7 Å². The highest BCUT2D eigenvalue weighted by Gasteiger charge is 2.38. The molecule has 1 aliphatic carbocycles. The van der Waals surface area contributed by atoms with E-state index in [0.717, 1.165) is 44.3 Å². The Morgan fingerprint density at radius 2 is 1.15 bits per heavy atom. The van der Waals surface area contributed by atoms with Crippen molar-refractivity contribution in [3.8, 4) is 51.0 Å². The molecule has 0 fully saturated rings. The lowest BCUT2D eigenvalue weighted by Crippen LogP contribution is -2.16. The number of aromatic nitrogens is 4. The number of nitrogens with zero attached hydrogens (tertiary/aromatic N) is 4. The Hall–Kier alpha value is -6.85. The quantitative estimate of drug-likeness (QED) is 0.186. The van der Waals surface area contributed by atoms with Crippen molar-refractivity contribution in [2.75, 3.05) is 0 Å². The van der Waals surface area contributed by atoms with Crippen LogP contribution in [0.15, 0.2) is 162 Å². The zero-order chi connectivity index (χ0) is 35.3. The van der Waals surface area contributed by atoms with Crippen molar-refractivity contribution >= 4 is 43.7 Å². The largest absolute Gasteiger partial charge is 0.456 e. The van der Waals surface area contributed by atoms with Gasteiger partial charge in [-0.3, -0.25) is 0 Å². The summed E-state index contributed by atoms with van der Waals surface area (Å²) in [6.45, 7) is 4.72. The van der Waals surface area contributed by atoms with Crippen LogP contribution in [0.1, 0.15) is 25.0 Å². The van der Waals surface area contributed by atoms with Crippen LogP contribution in [0.2, 0.25) is 0 Å². The van der Waals surface area contributed by atoms with Gasteiger partial charge in [0.25, 0.3) is 0 Å². The van der Waals surface area contributed by atoms with Crippen molar-refractivity contribution in [1.29, 1.82) is 0 Å². The predicted molar refractivity (Wildman–Crippen MR) is 215 cm³/mol. The Morgan fingerprint density at radius 3 is 2.04 bits per heavy atom. The van der Waals surface area contributed by atoms with Crippen LogP contribution in [0, 0.1) is 0 Å². The van der Waals surface area contributed by atoms with E-state index in [1.165, 1.54) is 44.1 Å². The number of para-hydroxylation sites is 2. The molecule has 0 bridgehead atoms. The number of benzene rings is 7. The highest BCUT2D eigenvalue weighted by atomic mass is 16.3. The molecular weight excluding hydrogens is 649 g/mol. The molecule has 0 aliphatic heterocycles. The molecule has 7 aromatic carbocycles. The standard InChI is InChI=1S/C48H32N4O/c1-48(2)38-22-9-6-18-32(38)34-26-27-35-33-19-7-10-23-39(33)52(44(35)43(34)48)31-17-12-16-30(28-31)46-49-45(29-14-4-3-5-15-29)50-47(51-46)37-21-13-25-41-42(37)36-20-8-11-24-40(36)53-41/h3-28H,1-2H3. The van der Waals surface area contributed by atoms with Gasteiger partial charge in [0, 0.05) is 49.3 Å². The third-order valence-electron chi connectivity index (χ3n) is 11.0. The van der Waals surface area contributed by atoms with Crippen molar-refractivity contribution in [3.63, 3.8) is 0 Å². The fourth-order valence-corrected chi connectivity index (χ4v) is 8.67. The van der Waals surface area contributed by atoms with Gasteiger partial charge in [0.2, 0.25) is 0 Å². The molecule has 250 valence electrons. The van der Waals surface area contributed by atoms with Crippen LogP contribution in [0.5, 0.6) is 0 Å². The van der Waals surface area contributed by atoms with Gasteiger partial charge in [0.15, 0.2) is 17.5 Å². The molecule has 3 aromatic heterocycles. The van der Waals surface area contributed by atoms with E-state index < -0.39 is 0 Å². The van der Waals surface area contributed by atoms with Crippen LogP contribution < -0.4 is 0 Å². The summed E-state index contributed by atoms with van der Waals surface area (Å²) in [5.41, 5.74) is 13.0. The maximum atomic E-state index is 6.26. The Balaban J connectivity index is 1.16. The van der Waals surface area contributed by atoms with E-state index in [-0.39, 0.29) is 5.41 Å². The lowest BCUT2D eigenvalue weighted by atomic mass is 9.81. The van der Waals surface area contributed by atoms with E-state index in [0.29, 0.717) is 17.5 Å². The summed E-state index contributed by atoms with van der Waals surface area (Å²) < 4.78 is 8.71. The number of hydrogen-bond acceptors (Lipinski definition) is 4. The molecule has 0 amide bonds. The van der Waals surface area contributed by atoms with Crippen molar-refractivity contribution in [1.82, 2.24) is 19.5 Å². The smallest absolute Gasteiger partial charge is 0.164 e. The summed E-state index contributed by atoms with van der Waals surface area (Å²) >= 11 is 0. The van der Waals surface area contributed by atoms with E-state index in [9.17, 15) is 0 Å². The lowest BCUT2D eigenvalue weighted by Gasteiger charge is -2.23. The molecule has 3 heterocycles. The van der Waals surface area contributed by atoms with E-state index in [4.69, 9.17) is 19.4 Å². The molecule has 0 spiro atoms. The first-order valence-corrected chi connectivity index (χ1v) is 18.0. The minimum Gasteiger partial charge on any atom is -0.456 e. The first kappa shape index (κ1) is 29.8. The van der Waals surface area contributed by atoms with Gasteiger partial charge in [-0.25, -0.2) is 15.0 Å². The molecule has 11 rings (SSSR count). The minimum atomic E-state index is -0.179. The molecule has 53 heavy (non-hydrogen) atoms. The van der Waals surface area contributed by atoms with E-state index in [2.05, 4.69) is 115 Å². The SMILES string of the molecule is CC1(C)c2ccccc2-c2ccc3c4ccccc4n(-c4cccc(-c5nc(-c6ccccc6)nc(-c6cccc7oc8ccccc8c67)n5)c4)c3c21. The van der Waals surface area contributed by atoms with E-state index in [1.54, 1.807) is 0 Å². The number of rotatable bonds is 4. The summed E-state index contributed by atoms with van der Waals surface area (Å²) in [5.74, 6) is 1.83. The zero-order valence-electron chi connectivity index (χ0n) is 29.2. The Morgan fingerprint density at radius 1 is 0.491 bits per heavy atom. The fourth-order valence-electron chi connectivity index (χ4n) is 8.67. The van der Waals surface area contributed by atoms with Gasteiger partial charge in [-0.1, -0.05) is 141 Å². The number of furan rings is 1. The second kappa shape index (κ2) is 11.1. The van der Waals surface area contributed by atoms with Gasteiger partial charge >= 0.3 is 0 Å². The first-order valence-electron chi connectivity index (χ1n) is 18.0. The van der Waals surface area contributed by atoms with Crippen molar-refractivity contribution in [2.45, 2.75) is 19.3 Å². The highest BCUT2D eigenvalue weighted by Crippen LogP contribution is 2.53. The highest BCUT2D eigenvalue weighted by molar-refractivity contribution is 6.13. The van der Waals surface area contributed by atoms with Gasteiger partial charge in [-0.15, -0.1) is 0 Å². The topological polar surface area (TPSA) is 56.7 Å². The molecule has 1 aliphatic rings. The van der Waals surface area contributed by atoms with Crippen molar-refractivity contribution in [3.05, 3.63) is 169 Å². The lowest BCUT2D eigenvalue weighted by molar-refractivity contribution is 0.664. The Bertz CT molecular complexity index is 3100. The summed E-state index contributed by atoms with van der Waals surface area (Å²) in [5, 5.41) is 4.51. The average molecular weight is 681 g/mol. The third kappa shape index (κ3) is 4.34. The van der Waals surface area contributed by atoms with Gasteiger partial charge in [-0.05, 0) is 52.6 Å². The second-order valence-corrected chi connectivity index (χ2v) is 14.4. The zero-order valence-corrected chi connectivity index (χ0v) is 29.2. The summed E-state index contributed by atoms with van der Waals surface area (Å²) in [4.78, 5) is 15.4. The van der Waals surface area contributed by atoms with Gasteiger partial charge in [0.05, 0.1) is 11.0 Å². The number of hydrogen-bond donors (Lipinski definition) is 0. The molecular formula is C48H32N4O. The molecule has 0 saturated carbocycles. The van der Waals surface area contributed by atoms with Crippen LogP contribution in [-0.2, 0) is 5.41 Å². The summed E-state index contributed by atoms with van der Waals surface area (Å²) in [7, 11) is 0. The van der Waals surface area contributed by atoms with Crippen LogP contribution in [-0.4, -0.2) is 19.5 Å². The molecule has 10 aromatic rings. The van der Waals surface area contributed by atoms with Crippen LogP contribution in [0.4, 0.5) is 0 Å². The van der Waals surface area contributed by atoms with Gasteiger partial charge in [0.1, 0.15) is 11.2 Å². The number of fused-ring (bicyclic) bond motifs is 10. The van der Waals surface area contributed by atoms with E-state index >= 15 is 0 Å². The predicted octanol–water partition coefficient (Wildman–Crippen LogP) is 12.2. The third-order valence-corrected chi connectivity index (χ3v) is 11.0. The molecule has 0 atom stereocenters. The average Bonchev–Trinajstić information content (AvgIpc) is 3.84. The Kier molecular flexibility index (Phi) is 6.23. The molecule has 5 nitrogen and oxygen atoms in total. The van der Waals surface area contributed by atoms with Crippen molar-refractivity contribution in [2.24, 2.45) is 0 Å². The maximum Gasteiger partial charge on any atom is 0.164 e. The summed E-state index contributed by atoms with van der Waals surface area (Å²) in [6.07, 6.45) is 0. The maximum absolute atomic E-state index is 6.26. The molecule has 0 saturated heterocycles. The first-order chi connectivity index (χ1) is 26.0. The normalized spacial score (nSPS) is 13.2. The van der Waals surface area contributed by atoms with Gasteiger partial charge in [-0.2, -0.15) is 0 Å². The second-order valence-electron chi connectivity index (χ2n) is 14.4. The Labute approximate surface area is 305 Å².